The molecular weight excluding hydrogens is 240 g/mol. The highest BCUT2D eigenvalue weighted by molar-refractivity contribution is 5.58. The van der Waals surface area contributed by atoms with Gasteiger partial charge in [0.25, 0.3) is 0 Å². The van der Waals surface area contributed by atoms with Gasteiger partial charge in [-0.2, -0.15) is 10.4 Å². The Bertz CT molecular complexity index is 495. The van der Waals surface area contributed by atoms with Crippen molar-refractivity contribution in [1.82, 2.24) is 10.2 Å². The van der Waals surface area contributed by atoms with Crippen LogP contribution >= 0.6 is 0 Å². The Morgan fingerprint density at radius 2 is 2.16 bits per heavy atom. The molecule has 1 N–H and O–H groups in total. The number of rotatable bonds is 3. The van der Waals surface area contributed by atoms with Gasteiger partial charge in [-0.15, -0.1) is 5.10 Å². The fourth-order valence-electron chi connectivity index (χ4n) is 2.65. The van der Waals surface area contributed by atoms with Crippen molar-refractivity contribution in [2.75, 3.05) is 18.0 Å². The third-order valence-corrected chi connectivity index (χ3v) is 3.64. The number of nitriles is 1. The minimum absolute atomic E-state index is 0.335. The Morgan fingerprint density at radius 1 is 1.37 bits per heavy atom. The molecule has 2 heterocycles. The van der Waals surface area contributed by atoms with Gasteiger partial charge in [0.05, 0.1) is 11.8 Å². The maximum Gasteiger partial charge on any atom is 0.169 e. The van der Waals surface area contributed by atoms with E-state index in [1.807, 2.05) is 18.7 Å². The highest BCUT2D eigenvalue weighted by Crippen LogP contribution is 2.25. The Kier molecular flexibility index (Phi) is 4.33. The predicted octanol–water partition coefficient (Wildman–Crippen LogP) is 1.43. The Labute approximate surface area is 113 Å². The van der Waals surface area contributed by atoms with Crippen molar-refractivity contribution in [3.05, 3.63) is 16.8 Å². The molecule has 1 saturated heterocycles. The highest BCUT2D eigenvalue weighted by Gasteiger charge is 2.24. The van der Waals surface area contributed by atoms with Gasteiger partial charge in [-0.1, -0.05) is 13.8 Å². The second kappa shape index (κ2) is 5.98. The van der Waals surface area contributed by atoms with E-state index < -0.39 is 0 Å². The molecule has 0 spiro atoms. The normalized spacial score (nSPS) is 19.3. The average Bonchev–Trinajstić information content (AvgIpc) is 2.45. The monoisotopic (exact) mass is 260 g/mol. The number of hydrogen-bond acceptors (Lipinski definition) is 5. The molecule has 0 aliphatic carbocycles. The fourth-order valence-corrected chi connectivity index (χ4v) is 2.65. The van der Waals surface area contributed by atoms with E-state index in [9.17, 15) is 10.4 Å². The summed E-state index contributed by atoms with van der Waals surface area (Å²) in [6, 6.07) is 2.28. The minimum Gasteiger partial charge on any atom is -0.391 e. The van der Waals surface area contributed by atoms with Crippen molar-refractivity contribution in [2.45, 2.75) is 45.6 Å². The maximum absolute atomic E-state index is 9.76. The molecule has 1 atom stereocenters. The molecular formula is C14H20N4O. The van der Waals surface area contributed by atoms with Gasteiger partial charge in [0.1, 0.15) is 11.6 Å². The van der Waals surface area contributed by atoms with E-state index in [0.717, 1.165) is 43.5 Å². The highest BCUT2D eigenvalue weighted by atomic mass is 16.3. The first kappa shape index (κ1) is 13.8. The molecule has 0 aromatic carbocycles. The van der Waals surface area contributed by atoms with Crippen molar-refractivity contribution >= 4 is 5.82 Å². The zero-order chi connectivity index (χ0) is 13.8. The quantitative estimate of drug-likeness (QED) is 0.890. The number of aliphatic hydroxyl groups excluding tert-OH is 1. The third kappa shape index (κ3) is 2.69. The first-order valence-electron chi connectivity index (χ1n) is 6.92. The van der Waals surface area contributed by atoms with E-state index in [0.29, 0.717) is 17.9 Å². The zero-order valence-corrected chi connectivity index (χ0v) is 11.6. The van der Waals surface area contributed by atoms with E-state index in [4.69, 9.17) is 0 Å². The maximum atomic E-state index is 9.76. The second-order valence-electron chi connectivity index (χ2n) is 4.88. The SMILES string of the molecule is CCc1nnc(N2CCCC(O)C2)c(C#N)c1CC. The molecule has 5 heteroatoms. The van der Waals surface area contributed by atoms with Crippen LogP contribution in [0.25, 0.3) is 0 Å². The second-order valence-corrected chi connectivity index (χ2v) is 4.88. The van der Waals surface area contributed by atoms with E-state index in [2.05, 4.69) is 16.3 Å². The molecule has 0 saturated carbocycles. The smallest absolute Gasteiger partial charge is 0.169 e. The summed E-state index contributed by atoms with van der Waals surface area (Å²) in [5.74, 6) is 0.635. The number of aryl methyl sites for hydroxylation is 1. The van der Waals surface area contributed by atoms with Crippen LogP contribution in [-0.2, 0) is 12.8 Å². The minimum atomic E-state index is -0.335. The van der Waals surface area contributed by atoms with E-state index in [1.54, 1.807) is 0 Å². The van der Waals surface area contributed by atoms with Gasteiger partial charge in [0.15, 0.2) is 5.82 Å². The van der Waals surface area contributed by atoms with Crippen molar-refractivity contribution < 1.29 is 5.11 Å². The molecule has 1 aliphatic heterocycles. The summed E-state index contributed by atoms with van der Waals surface area (Å²) in [6.07, 6.45) is 2.97. The van der Waals surface area contributed by atoms with Gasteiger partial charge in [0, 0.05) is 13.1 Å². The van der Waals surface area contributed by atoms with Crippen LogP contribution in [0.2, 0.25) is 0 Å². The van der Waals surface area contributed by atoms with Crippen LogP contribution in [-0.4, -0.2) is 34.5 Å². The predicted molar refractivity (Wildman–Crippen MR) is 73.0 cm³/mol. The topological polar surface area (TPSA) is 73.0 Å². The van der Waals surface area contributed by atoms with E-state index >= 15 is 0 Å². The van der Waals surface area contributed by atoms with Crippen LogP contribution < -0.4 is 4.90 Å². The number of aromatic nitrogens is 2. The molecule has 5 nitrogen and oxygen atoms in total. The number of nitrogens with zero attached hydrogens (tertiary/aromatic N) is 4. The summed E-state index contributed by atoms with van der Waals surface area (Å²) in [4.78, 5) is 1.98. The summed E-state index contributed by atoms with van der Waals surface area (Å²) in [5, 5.41) is 27.7. The molecule has 2 rings (SSSR count). The Balaban J connectivity index is 2.43. The standard InChI is InChI=1S/C14H20N4O/c1-3-11-12(8-15)14(17-16-13(11)4-2)18-7-5-6-10(19)9-18/h10,19H,3-7,9H2,1-2H3. The number of aliphatic hydroxyl groups is 1. The van der Waals surface area contributed by atoms with Gasteiger partial charge < -0.3 is 10.0 Å². The fraction of sp³-hybridized carbons (Fsp3) is 0.643. The molecule has 0 radical (unpaired) electrons. The molecule has 1 aliphatic rings. The third-order valence-electron chi connectivity index (χ3n) is 3.64. The van der Waals surface area contributed by atoms with Crippen LogP contribution in [0, 0.1) is 11.3 Å². The van der Waals surface area contributed by atoms with Crippen molar-refractivity contribution in [3.8, 4) is 6.07 Å². The van der Waals surface area contributed by atoms with Gasteiger partial charge in [0.2, 0.25) is 0 Å². The Morgan fingerprint density at radius 3 is 2.74 bits per heavy atom. The number of hydrogen-bond donors (Lipinski definition) is 1. The lowest BCUT2D eigenvalue weighted by Gasteiger charge is -2.31. The molecule has 19 heavy (non-hydrogen) atoms. The van der Waals surface area contributed by atoms with Gasteiger partial charge in [-0.05, 0) is 31.2 Å². The van der Waals surface area contributed by atoms with Gasteiger partial charge in [-0.25, -0.2) is 0 Å². The molecule has 0 bridgehead atoms. The summed E-state index contributed by atoms with van der Waals surface area (Å²) in [7, 11) is 0. The number of anilines is 1. The summed E-state index contributed by atoms with van der Waals surface area (Å²) in [6.45, 7) is 5.42. The summed E-state index contributed by atoms with van der Waals surface area (Å²) >= 11 is 0. The van der Waals surface area contributed by atoms with Gasteiger partial charge >= 0.3 is 0 Å². The molecule has 0 amide bonds. The number of piperidine rings is 1. The molecule has 1 fully saturated rings. The lowest BCUT2D eigenvalue weighted by atomic mass is 10.0. The zero-order valence-electron chi connectivity index (χ0n) is 11.6. The van der Waals surface area contributed by atoms with Crippen LogP contribution in [0.15, 0.2) is 0 Å². The van der Waals surface area contributed by atoms with E-state index in [-0.39, 0.29) is 6.10 Å². The summed E-state index contributed by atoms with van der Waals surface area (Å²) in [5.41, 5.74) is 2.53. The van der Waals surface area contributed by atoms with Crippen LogP contribution in [0.5, 0.6) is 0 Å². The Hall–Kier alpha value is -1.67. The van der Waals surface area contributed by atoms with Crippen molar-refractivity contribution in [2.24, 2.45) is 0 Å². The van der Waals surface area contributed by atoms with Crippen LogP contribution in [0.3, 0.4) is 0 Å². The molecule has 1 aromatic rings. The largest absolute Gasteiger partial charge is 0.391 e. The first-order chi connectivity index (χ1) is 9.21. The van der Waals surface area contributed by atoms with Crippen molar-refractivity contribution in [3.63, 3.8) is 0 Å². The average molecular weight is 260 g/mol. The molecule has 1 aromatic heterocycles. The lowest BCUT2D eigenvalue weighted by Crippen LogP contribution is -2.39. The van der Waals surface area contributed by atoms with E-state index in [1.165, 1.54) is 0 Å². The van der Waals surface area contributed by atoms with Gasteiger partial charge in [-0.3, -0.25) is 0 Å². The summed E-state index contributed by atoms with van der Waals surface area (Å²) < 4.78 is 0. The first-order valence-corrected chi connectivity index (χ1v) is 6.92. The van der Waals surface area contributed by atoms with Crippen LogP contribution in [0.1, 0.15) is 43.5 Å². The molecule has 102 valence electrons. The molecule has 1 unspecified atom stereocenters. The number of β-amino-alcohol motifs (C(OH)–C–C–N with tert-alkyl or cyclic N) is 1. The van der Waals surface area contributed by atoms with Crippen molar-refractivity contribution in [1.29, 1.82) is 5.26 Å². The van der Waals surface area contributed by atoms with Crippen LogP contribution in [0.4, 0.5) is 5.82 Å². The lowest BCUT2D eigenvalue weighted by molar-refractivity contribution is 0.153.